The van der Waals surface area contributed by atoms with E-state index >= 15 is 0 Å². The van der Waals surface area contributed by atoms with Gasteiger partial charge in [0.1, 0.15) is 0 Å². The van der Waals surface area contributed by atoms with Gasteiger partial charge in [0.25, 0.3) is 0 Å². The van der Waals surface area contributed by atoms with E-state index in [1.807, 2.05) is 6.08 Å². The predicted octanol–water partition coefficient (Wildman–Crippen LogP) is 1.72. The maximum atomic E-state index is 12.0. The molecule has 0 aliphatic heterocycles. The summed E-state index contributed by atoms with van der Waals surface area (Å²) in [6.45, 7) is 3.82. The number of carbonyl (C=O) groups excluding carboxylic acids is 1. The van der Waals surface area contributed by atoms with Gasteiger partial charge in [0, 0.05) is 21.3 Å². The summed E-state index contributed by atoms with van der Waals surface area (Å²) in [6, 6.07) is 0. The number of carbonyl (C=O) groups is 1. The first-order valence-corrected chi connectivity index (χ1v) is 6.67. The van der Waals surface area contributed by atoms with Crippen molar-refractivity contribution >= 4 is 14.2 Å². The van der Waals surface area contributed by atoms with Gasteiger partial charge in [0.05, 0.1) is 0 Å². The van der Waals surface area contributed by atoms with Crippen LogP contribution in [0.3, 0.4) is 0 Å². The van der Waals surface area contributed by atoms with Crippen LogP contribution in [-0.4, -0.2) is 35.5 Å². The average molecular weight is 232 g/mol. The van der Waals surface area contributed by atoms with Gasteiger partial charge in [0.2, 0.25) is 5.41 Å². The number of allylic oxidation sites excluding steroid dienone is 2. The van der Waals surface area contributed by atoms with Crippen LogP contribution in [0.5, 0.6) is 0 Å². The number of unbranched alkanes of at least 4 members (excludes halogenated alkanes) is 1. The van der Waals surface area contributed by atoms with Crippen LogP contribution in [0.2, 0.25) is 0 Å². The fourth-order valence-corrected chi connectivity index (χ4v) is 2.86. The molecule has 0 aliphatic carbocycles. The van der Waals surface area contributed by atoms with Crippen LogP contribution < -0.4 is 0 Å². The van der Waals surface area contributed by atoms with E-state index in [-0.39, 0.29) is 5.41 Å². The molecule has 5 heteroatoms. The Morgan fingerprint density at radius 2 is 1.67 bits per heavy atom. The van der Waals surface area contributed by atoms with Crippen molar-refractivity contribution < 1.29 is 18.1 Å². The standard InChI is InChI=1S/C10H20O4Si/c1-6-7-8-9(2)10(11)15(12-3,13-4)14-5/h8H,6-7H2,1-5H3/b9-8+. The summed E-state index contributed by atoms with van der Waals surface area (Å²) in [4.78, 5) is 12.0. The Hall–Kier alpha value is -0.493. The molecule has 0 spiro atoms. The normalized spacial score (nSPS) is 13.0. The molecule has 0 heterocycles. The van der Waals surface area contributed by atoms with Crippen molar-refractivity contribution in [2.24, 2.45) is 0 Å². The lowest BCUT2D eigenvalue weighted by molar-refractivity contribution is -0.114. The molecule has 88 valence electrons. The van der Waals surface area contributed by atoms with E-state index in [4.69, 9.17) is 13.3 Å². The molecule has 0 amide bonds. The van der Waals surface area contributed by atoms with E-state index in [0.29, 0.717) is 5.57 Å². The lowest BCUT2D eigenvalue weighted by atomic mass is 10.2. The summed E-state index contributed by atoms with van der Waals surface area (Å²) >= 11 is 0. The smallest absolute Gasteiger partial charge is 0.372 e. The minimum atomic E-state index is -3.14. The Labute approximate surface area is 92.6 Å². The van der Waals surface area contributed by atoms with Gasteiger partial charge in [-0.15, -0.1) is 0 Å². The molecule has 0 aromatic rings. The monoisotopic (exact) mass is 232 g/mol. The first kappa shape index (κ1) is 14.5. The van der Waals surface area contributed by atoms with Gasteiger partial charge >= 0.3 is 8.80 Å². The summed E-state index contributed by atoms with van der Waals surface area (Å²) in [5, 5.41) is -0.163. The molecule has 0 rings (SSSR count). The Bertz CT molecular complexity index is 225. The van der Waals surface area contributed by atoms with Crippen LogP contribution in [0, 0.1) is 0 Å². The molecule has 0 fully saturated rings. The summed E-state index contributed by atoms with van der Waals surface area (Å²) < 4.78 is 15.3. The van der Waals surface area contributed by atoms with Crippen LogP contribution in [0.1, 0.15) is 26.7 Å². The number of hydrogen-bond donors (Lipinski definition) is 0. The molecule has 0 saturated carbocycles. The number of hydrogen-bond acceptors (Lipinski definition) is 4. The highest BCUT2D eigenvalue weighted by Gasteiger charge is 2.48. The molecule has 0 N–H and O–H groups in total. The lowest BCUT2D eigenvalue weighted by Gasteiger charge is -2.22. The van der Waals surface area contributed by atoms with Crippen LogP contribution in [0.25, 0.3) is 0 Å². The minimum Gasteiger partial charge on any atom is -0.372 e. The molecular formula is C10H20O4Si. The number of rotatable bonds is 7. The highest BCUT2D eigenvalue weighted by atomic mass is 28.4. The van der Waals surface area contributed by atoms with Gasteiger partial charge in [0.15, 0.2) is 0 Å². The molecule has 15 heavy (non-hydrogen) atoms. The quantitative estimate of drug-likeness (QED) is 0.495. The van der Waals surface area contributed by atoms with Gasteiger partial charge < -0.3 is 13.3 Å². The second kappa shape index (κ2) is 6.89. The molecule has 0 radical (unpaired) electrons. The SMILES string of the molecule is CCC/C=C(\C)C(=O)[Si](OC)(OC)OC. The van der Waals surface area contributed by atoms with Crippen LogP contribution in [0.4, 0.5) is 0 Å². The Kier molecular flexibility index (Phi) is 6.67. The van der Waals surface area contributed by atoms with Crippen molar-refractivity contribution in [3.8, 4) is 0 Å². The maximum absolute atomic E-state index is 12.0. The lowest BCUT2D eigenvalue weighted by Crippen LogP contribution is -2.52. The van der Waals surface area contributed by atoms with Gasteiger partial charge in [-0.25, -0.2) is 0 Å². The molecule has 0 aromatic heterocycles. The second-order valence-electron chi connectivity index (χ2n) is 3.17. The third-order valence-electron chi connectivity index (χ3n) is 2.18. The summed E-state index contributed by atoms with van der Waals surface area (Å²) in [6.07, 6.45) is 3.77. The molecule has 0 atom stereocenters. The molecule has 4 nitrogen and oxygen atoms in total. The van der Waals surface area contributed by atoms with E-state index in [0.717, 1.165) is 12.8 Å². The van der Waals surface area contributed by atoms with Crippen molar-refractivity contribution in [1.82, 2.24) is 0 Å². The first-order valence-electron chi connectivity index (χ1n) is 4.95. The summed E-state index contributed by atoms with van der Waals surface area (Å²) in [5.41, 5.74) is 0.647. The highest BCUT2D eigenvalue weighted by molar-refractivity contribution is 6.94. The van der Waals surface area contributed by atoms with Crippen LogP contribution in [-0.2, 0) is 18.1 Å². The third kappa shape index (κ3) is 3.53. The Morgan fingerprint density at radius 1 is 1.20 bits per heavy atom. The van der Waals surface area contributed by atoms with Gasteiger partial charge in [-0.1, -0.05) is 19.4 Å². The largest absolute Gasteiger partial charge is 0.578 e. The molecular weight excluding hydrogens is 212 g/mol. The topological polar surface area (TPSA) is 44.8 Å². The van der Waals surface area contributed by atoms with E-state index in [9.17, 15) is 4.79 Å². The van der Waals surface area contributed by atoms with Crippen molar-refractivity contribution in [2.45, 2.75) is 26.7 Å². The zero-order valence-corrected chi connectivity index (χ0v) is 11.1. The second-order valence-corrected chi connectivity index (χ2v) is 5.96. The van der Waals surface area contributed by atoms with Gasteiger partial charge in [-0.2, -0.15) is 0 Å². The zero-order valence-electron chi connectivity index (χ0n) is 10.1. The van der Waals surface area contributed by atoms with E-state index in [2.05, 4.69) is 6.92 Å². The van der Waals surface area contributed by atoms with Gasteiger partial charge in [-0.3, -0.25) is 4.79 Å². The zero-order chi connectivity index (χ0) is 11.9. The maximum Gasteiger partial charge on any atom is 0.578 e. The van der Waals surface area contributed by atoms with Crippen molar-refractivity contribution in [3.05, 3.63) is 11.6 Å². The highest BCUT2D eigenvalue weighted by Crippen LogP contribution is 2.14. The van der Waals surface area contributed by atoms with Crippen LogP contribution in [0.15, 0.2) is 11.6 Å². The van der Waals surface area contributed by atoms with Crippen LogP contribution >= 0.6 is 0 Å². The van der Waals surface area contributed by atoms with E-state index < -0.39 is 8.80 Å². The Morgan fingerprint density at radius 3 is 2.00 bits per heavy atom. The summed E-state index contributed by atoms with van der Waals surface area (Å²) in [7, 11) is 1.16. The van der Waals surface area contributed by atoms with Crippen molar-refractivity contribution in [1.29, 1.82) is 0 Å². The summed E-state index contributed by atoms with van der Waals surface area (Å²) in [5.74, 6) is 0. The fourth-order valence-electron chi connectivity index (χ4n) is 1.22. The van der Waals surface area contributed by atoms with E-state index in [1.165, 1.54) is 21.3 Å². The molecule has 0 unspecified atom stereocenters. The molecule has 0 aliphatic rings. The average Bonchev–Trinajstić information content (AvgIpc) is 2.28. The van der Waals surface area contributed by atoms with E-state index in [1.54, 1.807) is 6.92 Å². The molecule has 0 bridgehead atoms. The Balaban J connectivity index is 4.78. The third-order valence-corrected chi connectivity index (χ3v) is 4.74. The fraction of sp³-hybridized carbons (Fsp3) is 0.700. The predicted molar refractivity (Wildman–Crippen MR) is 60.5 cm³/mol. The minimum absolute atomic E-state index is 0.163. The molecule has 0 saturated heterocycles. The van der Waals surface area contributed by atoms with Crippen molar-refractivity contribution in [3.63, 3.8) is 0 Å². The first-order chi connectivity index (χ1) is 7.07. The molecule has 0 aromatic carbocycles. The van der Waals surface area contributed by atoms with Crippen molar-refractivity contribution in [2.75, 3.05) is 21.3 Å². The van der Waals surface area contributed by atoms with Gasteiger partial charge in [-0.05, 0) is 18.9 Å².